The van der Waals surface area contributed by atoms with Gasteiger partial charge in [0.1, 0.15) is 43.2 Å². The fourth-order valence-corrected chi connectivity index (χ4v) is 9.92. The number of aliphatic hydroxyl groups is 2. The number of rotatable bonds is 13. The van der Waals surface area contributed by atoms with Crippen molar-refractivity contribution >= 4 is 5.69 Å². The minimum absolute atomic E-state index is 0.121. The van der Waals surface area contributed by atoms with E-state index in [1.165, 1.54) is 50.1 Å². The first-order valence-corrected chi connectivity index (χ1v) is 23.4. The summed E-state index contributed by atoms with van der Waals surface area (Å²) < 4.78 is 24.5. The third-order valence-corrected chi connectivity index (χ3v) is 14.2. The molecule has 10 heteroatoms. The number of nitrogens with zero attached hydrogens (tertiary/aromatic N) is 4. The Morgan fingerprint density at radius 1 is 0.424 bits per heavy atom. The molecule has 0 bridgehead atoms. The monoisotopic (exact) mass is 886 g/mol. The first kappa shape index (κ1) is 44.0. The van der Waals surface area contributed by atoms with E-state index < -0.39 is 0 Å². The average molecular weight is 887 g/mol. The van der Waals surface area contributed by atoms with Gasteiger partial charge in [-0.15, -0.1) is 0 Å². The van der Waals surface area contributed by atoms with Crippen molar-refractivity contribution in [3.05, 3.63) is 183 Å². The number of anilines is 1. The van der Waals surface area contributed by atoms with Gasteiger partial charge in [-0.2, -0.15) is 0 Å². The Morgan fingerprint density at radius 3 is 1.23 bits per heavy atom. The summed E-state index contributed by atoms with van der Waals surface area (Å²) in [5, 5.41) is 18.9. The van der Waals surface area contributed by atoms with Crippen LogP contribution in [-0.4, -0.2) is 78.1 Å². The molecule has 4 aliphatic heterocycles. The largest absolute Gasteiger partial charge is 0.478 e. The fraction of sp³-hybridized carbons (Fsp3) is 0.357. The number of fused-ring (bicyclic) bond motifs is 4. The third-order valence-electron chi connectivity index (χ3n) is 14.2. The second-order valence-corrected chi connectivity index (χ2v) is 19.5. The Bertz CT molecular complexity index is 2680. The van der Waals surface area contributed by atoms with E-state index in [9.17, 15) is 10.2 Å². The van der Waals surface area contributed by atoms with Crippen molar-refractivity contribution in [1.82, 2.24) is 14.7 Å². The van der Waals surface area contributed by atoms with Crippen LogP contribution in [0.4, 0.5) is 5.69 Å². The lowest BCUT2D eigenvalue weighted by Crippen LogP contribution is -2.34. The van der Waals surface area contributed by atoms with Crippen LogP contribution in [0.5, 0.6) is 23.0 Å². The normalized spacial score (nSPS) is 16.5. The van der Waals surface area contributed by atoms with Crippen LogP contribution >= 0.6 is 0 Å². The maximum absolute atomic E-state index is 9.46. The molecule has 0 unspecified atom stereocenters. The number of β-amino-alcohol motifs (C(OH)–C–C–N with tert-alkyl or cyclic N) is 2. The highest BCUT2D eigenvalue weighted by molar-refractivity contribution is 5.54. The molecule has 6 aromatic carbocycles. The molecule has 0 fully saturated rings. The summed E-state index contributed by atoms with van der Waals surface area (Å²) in [5.41, 5.74) is 14.2. The van der Waals surface area contributed by atoms with Gasteiger partial charge >= 0.3 is 0 Å². The predicted molar refractivity (Wildman–Crippen MR) is 258 cm³/mol. The second-order valence-electron chi connectivity index (χ2n) is 19.5. The van der Waals surface area contributed by atoms with Gasteiger partial charge in [-0.25, -0.2) is 0 Å². The summed E-state index contributed by atoms with van der Waals surface area (Å²) in [6.45, 7) is 16.6. The summed E-state index contributed by atoms with van der Waals surface area (Å²) in [5.74, 6) is 3.76. The Labute approximate surface area is 389 Å². The summed E-state index contributed by atoms with van der Waals surface area (Å²) in [4.78, 5) is 8.91. The first-order chi connectivity index (χ1) is 32.0. The number of hydrogen-bond donors (Lipinski definition) is 2. The smallest absolute Gasteiger partial charge is 0.161 e. The van der Waals surface area contributed by atoms with Crippen LogP contribution < -0.4 is 23.8 Å². The topological polar surface area (TPSA) is 90.3 Å². The van der Waals surface area contributed by atoms with Crippen LogP contribution in [0.25, 0.3) is 0 Å². The molecule has 4 heterocycles. The highest BCUT2D eigenvalue weighted by Crippen LogP contribution is 2.41. The van der Waals surface area contributed by atoms with Crippen molar-refractivity contribution in [3.63, 3.8) is 0 Å². The average Bonchev–Trinajstić information content (AvgIpc) is 3.34. The zero-order chi connectivity index (χ0) is 45.4. The molecule has 10 nitrogen and oxygen atoms in total. The molecule has 10 rings (SSSR count). The fourth-order valence-electron chi connectivity index (χ4n) is 9.92. The highest BCUT2D eigenvalue weighted by Gasteiger charge is 2.30. The summed E-state index contributed by atoms with van der Waals surface area (Å²) >= 11 is 0. The minimum Gasteiger partial charge on any atom is -0.478 e. The van der Waals surface area contributed by atoms with Gasteiger partial charge in [-0.1, -0.05) is 88.4 Å². The van der Waals surface area contributed by atoms with E-state index in [1.54, 1.807) is 0 Å². The summed E-state index contributed by atoms with van der Waals surface area (Å²) in [7, 11) is 0. The molecular formula is C56H62N4O6. The van der Waals surface area contributed by atoms with Gasteiger partial charge in [0.15, 0.2) is 6.73 Å². The molecular weight excluding hydrogens is 825 g/mol. The van der Waals surface area contributed by atoms with Gasteiger partial charge in [-0.05, 0) is 106 Å². The SMILES string of the molecule is CC(C)(c1ccc2c(c1)CN(CCO)CO2)c1ccc2c(c1)CN(Cc1ccc(Cc3ccc(N4COc5ccc(C(C)(C)c6ccc7c(c6)CN(CCO)CO7)cc5C4)cc3)cc1)CO2. The van der Waals surface area contributed by atoms with Gasteiger partial charge in [0, 0.05) is 84.6 Å². The quantitative estimate of drug-likeness (QED) is 0.117. The molecule has 4 aliphatic rings. The molecule has 0 amide bonds. The maximum Gasteiger partial charge on any atom is 0.161 e. The number of aliphatic hydroxyl groups excluding tert-OH is 2. The molecule has 0 atom stereocenters. The van der Waals surface area contributed by atoms with Crippen LogP contribution in [0.15, 0.2) is 121 Å². The summed E-state index contributed by atoms with van der Waals surface area (Å²) in [6, 6.07) is 44.3. The first-order valence-electron chi connectivity index (χ1n) is 23.4. The van der Waals surface area contributed by atoms with Crippen molar-refractivity contribution in [1.29, 1.82) is 0 Å². The Hall–Kier alpha value is -5.88. The molecule has 6 aromatic rings. The molecule has 0 aliphatic carbocycles. The van der Waals surface area contributed by atoms with E-state index in [0.717, 1.165) is 79.0 Å². The molecule has 0 saturated carbocycles. The molecule has 2 N–H and O–H groups in total. The van der Waals surface area contributed by atoms with Crippen LogP contribution in [-0.2, 0) is 50.0 Å². The maximum atomic E-state index is 9.46. The van der Waals surface area contributed by atoms with Gasteiger partial charge in [-0.3, -0.25) is 14.7 Å². The number of benzene rings is 6. The van der Waals surface area contributed by atoms with E-state index >= 15 is 0 Å². The highest BCUT2D eigenvalue weighted by atomic mass is 16.5. The van der Waals surface area contributed by atoms with Crippen LogP contribution in [0.2, 0.25) is 0 Å². The summed E-state index contributed by atoms with van der Waals surface area (Å²) in [6.07, 6.45) is 0.865. The van der Waals surface area contributed by atoms with Crippen LogP contribution in [0.1, 0.15) is 88.9 Å². The third kappa shape index (κ3) is 9.13. The molecule has 0 saturated heterocycles. The van der Waals surface area contributed by atoms with Crippen molar-refractivity contribution in [3.8, 4) is 23.0 Å². The van der Waals surface area contributed by atoms with Crippen molar-refractivity contribution in [2.45, 2.75) is 77.7 Å². The lowest BCUT2D eigenvalue weighted by atomic mass is 9.77. The Kier molecular flexibility index (Phi) is 12.3. The van der Waals surface area contributed by atoms with Crippen molar-refractivity contribution in [2.75, 3.05) is 58.1 Å². The molecule has 66 heavy (non-hydrogen) atoms. The lowest BCUT2D eigenvalue weighted by molar-refractivity contribution is 0.0770. The van der Waals surface area contributed by atoms with Gasteiger partial charge in [0.2, 0.25) is 0 Å². The minimum atomic E-state index is -0.227. The molecule has 0 spiro atoms. The predicted octanol–water partition coefficient (Wildman–Crippen LogP) is 8.93. The van der Waals surface area contributed by atoms with Gasteiger partial charge < -0.3 is 34.1 Å². The Morgan fingerprint density at radius 2 is 0.788 bits per heavy atom. The standard InChI is InChI=1S/C56H62N4O6/c1-55(2,46-11-17-51-42(26-46)31-57(21-23-61)35-63-51)48-13-19-53-44(28-48)33-59(37-65-53)30-41-7-5-39(6-8-41)25-40-9-15-50(16-10-40)60-34-45-29-49(14-20-54(45)66-38-60)56(3,4)47-12-18-52-43(27-47)32-58(22-24-62)36-64-52/h5-20,26-29,61-62H,21-25,30-38H2,1-4H3. The Balaban J connectivity index is 0.747. The van der Waals surface area contributed by atoms with Gasteiger partial charge in [0.05, 0.1) is 13.2 Å². The van der Waals surface area contributed by atoms with Crippen molar-refractivity contribution < 1.29 is 29.2 Å². The van der Waals surface area contributed by atoms with E-state index in [1.807, 2.05) is 0 Å². The second kappa shape index (κ2) is 18.4. The molecule has 342 valence electrons. The number of ether oxygens (including phenoxy) is 4. The van der Waals surface area contributed by atoms with Crippen LogP contribution in [0, 0.1) is 0 Å². The lowest BCUT2D eigenvalue weighted by Gasteiger charge is -2.34. The van der Waals surface area contributed by atoms with Gasteiger partial charge in [0.25, 0.3) is 0 Å². The molecule has 0 aromatic heterocycles. The number of hydrogen-bond acceptors (Lipinski definition) is 10. The van der Waals surface area contributed by atoms with Crippen LogP contribution in [0.3, 0.4) is 0 Å². The van der Waals surface area contributed by atoms with E-state index in [2.05, 4.69) is 169 Å². The van der Waals surface area contributed by atoms with E-state index in [4.69, 9.17) is 18.9 Å². The zero-order valence-electron chi connectivity index (χ0n) is 38.8. The zero-order valence-corrected chi connectivity index (χ0v) is 38.8. The van der Waals surface area contributed by atoms with Crippen molar-refractivity contribution in [2.24, 2.45) is 0 Å². The molecule has 0 radical (unpaired) electrons. The van der Waals surface area contributed by atoms with E-state index in [-0.39, 0.29) is 24.0 Å². The van der Waals surface area contributed by atoms with E-state index in [0.29, 0.717) is 40.0 Å².